The Morgan fingerprint density at radius 3 is 1.19 bits per heavy atom. The van der Waals surface area contributed by atoms with Gasteiger partial charge in [-0.25, -0.2) is 4.79 Å². The summed E-state index contributed by atoms with van der Waals surface area (Å²) in [7, 11) is 0. The van der Waals surface area contributed by atoms with Crippen LogP contribution in [0.4, 0.5) is 0 Å². The summed E-state index contributed by atoms with van der Waals surface area (Å²) in [5.74, 6) is -6.11. The van der Waals surface area contributed by atoms with Crippen LogP contribution in [-0.2, 0) is 14.4 Å². The molecule has 0 amide bonds. The van der Waals surface area contributed by atoms with E-state index in [4.69, 9.17) is 0 Å². The Kier molecular flexibility index (Phi) is 15.0. The minimum Gasteiger partial charge on any atom is -0.481 e. The molecule has 0 aliphatic heterocycles. The van der Waals surface area contributed by atoms with Crippen molar-refractivity contribution in [3.63, 3.8) is 0 Å². The van der Waals surface area contributed by atoms with Crippen molar-refractivity contribution in [2.45, 2.75) is 126 Å². The van der Waals surface area contributed by atoms with Gasteiger partial charge in [0.15, 0.2) is 5.60 Å². The van der Waals surface area contributed by atoms with E-state index in [9.17, 15) is 34.8 Å². The van der Waals surface area contributed by atoms with E-state index < -0.39 is 34.8 Å². The zero-order valence-electron chi connectivity index (χ0n) is 24.9. The molecule has 218 valence electrons. The van der Waals surface area contributed by atoms with Gasteiger partial charge in [0.1, 0.15) is 5.41 Å². The summed E-state index contributed by atoms with van der Waals surface area (Å²) in [5, 5.41) is 43.5. The van der Waals surface area contributed by atoms with Crippen molar-refractivity contribution in [1.82, 2.24) is 0 Å². The quantitative estimate of drug-likeness (QED) is 0.134. The molecule has 0 fully saturated rings. The van der Waals surface area contributed by atoms with Gasteiger partial charge in [-0.15, -0.1) is 0 Å². The van der Waals surface area contributed by atoms with E-state index in [-0.39, 0.29) is 37.0 Å². The predicted molar refractivity (Wildman–Crippen MR) is 147 cm³/mol. The van der Waals surface area contributed by atoms with E-state index in [1.165, 1.54) is 0 Å². The third-order valence-corrected chi connectivity index (χ3v) is 8.80. The first-order valence-electron chi connectivity index (χ1n) is 14.4. The molecule has 7 nitrogen and oxygen atoms in total. The molecular weight excluding hydrogens is 472 g/mol. The van der Waals surface area contributed by atoms with Gasteiger partial charge in [0, 0.05) is 0 Å². The van der Waals surface area contributed by atoms with E-state index in [1.54, 1.807) is 0 Å². The average molecular weight is 529 g/mol. The lowest BCUT2D eigenvalue weighted by Gasteiger charge is -2.47. The number of aliphatic hydroxyl groups is 1. The van der Waals surface area contributed by atoms with Crippen molar-refractivity contribution < 1.29 is 34.8 Å². The Morgan fingerprint density at radius 1 is 0.568 bits per heavy atom. The molecule has 0 spiro atoms. The van der Waals surface area contributed by atoms with Crippen LogP contribution in [-0.4, -0.2) is 43.9 Å². The largest absolute Gasteiger partial charge is 0.481 e. The van der Waals surface area contributed by atoms with Crippen LogP contribution in [0, 0.1) is 46.8 Å². The number of carboxylic acids is 3. The molecule has 0 aromatic rings. The highest BCUT2D eigenvalue weighted by molar-refractivity contribution is 5.93. The van der Waals surface area contributed by atoms with Gasteiger partial charge in [0.25, 0.3) is 0 Å². The van der Waals surface area contributed by atoms with Crippen molar-refractivity contribution in [1.29, 1.82) is 0 Å². The van der Waals surface area contributed by atoms with Gasteiger partial charge in [0.2, 0.25) is 0 Å². The molecular formula is C30H56O7. The molecule has 8 unspecified atom stereocenters. The number of hydrogen-bond acceptors (Lipinski definition) is 4. The highest BCUT2D eigenvalue weighted by Crippen LogP contribution is 2.51. The van der Waals surface area contributed by atoms with E-state index >= 15 is 0 Å². The summed E-state index contributed by atoms with van der Waals surface area (Å²) >= 11 is 0. The zero-order valence-corrected chi connectivity index (χ0v) is 24.9. The zero-order chi connectivity index (χ0) is 29.1. The second-order valence-electron chi connectivity index (χ2n) is 12.6. The number of hydrogen-bond donors (Lipinski definition) is 4. The summed E-state index contributed by atoms with van der Waals surface area (Å²) in [6, 6.07) is 0. The van der Waals surface area contributed by atoms with Crippen LogP contribution in [0.15, 0.2) is 0 Å². The molecule has 0 aromatic heterocycles. The first-order valence-corrected chi connectivity index (χ1v) is 14.4. The van der Waals surface area contributed by atoms with Gasteiger partial charge < -0.3 is 20.4 Å². The molecule has 0 radical (unpaired) electrons. The fourth-order valence-corrected chi connectivity index (χ4v) is 6.29. The van der Waals surface area contributed by atoms with Gasteiger partial charge >= 0.3 is 17.9 Å². The van der Waals surface area contributed by atoms with Crippen LogP contribution >= 0.6 is 0 Å². The molecule has 0 rings (SSSR count). The molecule has 0 bridgehead atoms. The van der Waals surface area contributed by atoms with Gasteiger partial charge in [-0.1, -0.05) is 81.6 Å². The summed E-state index contributed by atoms with van der Waals surface area (Å²) < 4.78 is 0. The lowest BCUT2D eigenvalue weighted by Crippen LogP contribution is -2.65. The van der Waals surface area contributed by atoms with E-state index in [1.807, 2.05) is 48.5 Å². The van der Waals surface area contributed by atoms with Crippen LogP contribution in [0.5, 0.6) is 0 Å². The summed E-state index contributed by atoms with van der Waals surface area (Å²) in [6.07, 6.45) is 4.40. The average Bonchev–Trinajstić information content (AvgIpc) is 2.80. The standard InChI is InChI=1S/C30H56O7/c1-10-19(4)13-22(7)16-25(26(31)32)30(37,28(35)36)29(27(33)34,17-23(8)14-20(5)11-2)18-24(9)15-21(6)12-3/h19-25,37H,10-18H2,1-9H3,(H,31,32)(H,33,34)(H,35,36). The Bertz CT molecular complexity index is 701. The SMILES string of the molecule is CCC(C)CC(C)CC(C(=O)O)C(O)(C(=O)O)C(CC(C)CC(C)CC)(CC(C)CC(C)CC)C(=O)O. The Balaban J connectivity index is 6.91. The van der Waals surface area contributed by atoms with E-state index in [0.29, 0.717) is 37.0 Å². The third kappa shape index (κ3) is 9.56. The van der Waals surface area contributed by atoms with Crippen LogP contribution in [0.2, 0.25) is 0 Å². The normalized spacial score (nSPS) is 20.9. The number of carbonyl (C=O) groups is 3. The van der Waals surface area contributed by atoms with Crippen LogP contribution in [0.1, 0.15) is 120 Å². The first-order chi connectivity index (χ1) is 17.0. The summed E-state index contributed by atoms with van der Waals surface area (Å²) in [5.41, 5.74) is -5.10. The molecule has 0 saturated carbocycles. The highest BCUT2D eigenvalue weighted by atomic mass is 16.4. The third-order valence-electron chi connectivity index (χ3n) is 8.80. The van der Waals surface area contributed by atoms with Crippen molar-refractivity contribution in [2.75, 3.05) is 0 Å². The lowest BCUT2D eigenvalue weighted by molar-refractivity contribution is -0.211. The summed E-state index contributed by atoms with van der Waals surface area (Å²) in [6.45, 7) is 17.9. The summed E-state index contributed by atoms with van der Waals surface area (Å²) in [4.78, 5) is 38.7. The van der Waals surface area contributed by atoms with E-state index in [0.717, 1.165) is 19.3 Å². The molecule has 8 atom stereocenters. The molecule has 0 aliphatic carbocycles. The molecule has 0 saturated heterocycles. The topological polar surface area (TPSA) is 132 Å². The molecule has 7 heteroatoms. The van der Waals surface area contributed by atoms with Crippen molar-refractivity contribution in [3.8, 4) is 0 Å². The molecule has 0 heterocycles. The lowest BCUT2D eigenvalue weighted by atomic mass is 9.56. The molecule has 37 heavy (non-hydrogen) atoms. The van der Waals surface area contributed by atoms with Gasteiger partial charge in [-0.05, 0) is 74.0 Å². The van der Waals surface area contributed by atoms with Crippen molar-refractivity contribution in [2.24, 2.45) is 46.8 Å². The van der Waals surface area contributed by atoms with Crippen LogP contribution < -0.4 is 0 Å². The Hall–Kier alpha value is -1.63. The maximum Gasteiger partial charge on any atom is 0.337 e. The monoisotopic (exact) mass is 528 g/mol. The Morgan fingerprint density at radius 2 is 0.919 bits per heavy atom. The van der Waals surface area contributed by atoms with Crippen LogP contribution in [0.3, 0.4) is 0 Å². The fourth-order valence-electron chi connectivity index (χ4n) is 6.29. The molecule has 0 aliphatic rings. The maximum atomic E-state index is 13.2. The number of carboxylic acid groups (broad SMARTS) is 3. The number of rotatable bonds is 20. The van der Waals surface area contributed by atoms with Crippen molar-refractivity contribution in [3.05, 3.63) is 0 Å². The maximum absolute atomic E-state index is 13.2. The van der Waals surface area contributed by atoms with E-state index in [2.05, 4.69) is 13.8 Å². The second-order valence-corrected chi connectivity index (χ2v) is 12.6. The molecule has 0 aromatic carbocycles. The first kappa shape index (κ1) is 35.4. The number of aliphatic carboxylic acids is 3. The minimum atomic E-state index is -2.96. The molecule has 4 N–H and O–H groups in total. The van der Waals surface area contributed by atoms with Gasteiger partial charge in [-0.2, -0.15) is 0 Å². The van der Waals surface area contributed by atoms with Gasteiger partial charge in [-0.3, -0.25) is 9.59 Å². The van der Waals surface area contributed by atoms with Gasteiger partial charge in [0.05, 0.1) is 5.92 Å². The highest BCUT2D eigenvalue weighted by Gasteiger charge is 2.66. The second kappa shape index (κ2) is 15.7. The minimum absolute atomic E-state index is 0.0934. The Labute approximate surface area is 225 Å². The smallest absolute Gasteiger partial charge is 0.337 e. The fraction of sp³-hybridized carbons (Fsp3) is 0.900. The predicted octanol–water partition coefficient (Wildman–Crippen LogP) is 6.96. The van der Waals surface area contributed by atoms with Crippen molar-refractivity contribution >= 4 is 17.9 Å². The van der Waals surface area contributed by atoms with Crippen LogP contribution in [0.25, 0.3) is 0 Å².